The van der Waals surface area contributed by atoms with E-state index in [0.29, 0.717) is 6.42 Å². The van der Waals surface area contributed by atoms with E-state index in [4.69, 9.17) is 0 Å². The number of nitrogens with one attached hydrogen (secondary N) is 3. The molecule has 0 bridgehead atoms. The van der Waals surface area contributed by atoms with Crippen molar-refractivity contribution >= 4 is 17.7 Å². The quantitative estimate of drug-likeness (QED) is 0.732. The van der Waals surface area contributed by atoms with Crippen LogP contribution in [-0.4, -0.2) is 35.8 Å². The second-order valence-corrected chi connectivity index (χ2v) is 7.12. The Labute approximate surface area is 139 Å². The SMILES string of the molecule is CCC1CC(=O)NC(C(C)C)CC(=O)NC(C(C)C)CC(=O)N1. The molecule has 6 nitrogen and oxygen atoms in total. The van der Waals surface area contributed by atoms with Gasteiger partial charge in [0.15, 0.2) is 0 Å². The second-order valence-electron chi connectivity index (χ2n) is 7.12. The first kappa shape index (κ1) is 19.5. The molecule has 3 amide bonds. The number of rotatable bonds is 3. The Morgan fingerprint density at radius 2 is 1.17 bits per heavy atom. The van der Waals surface area contributed by atoms with Gasteiger partial charge in [-0.1, -0.05) is 34.6 Å². The Morgan fingerprint density at radius 1 is 0.783 bits per heavy atom. The molecule has 1 aliphatic heterocycles. The third kappa shape index (κ3) is 6.59. The summed E-state index contributed by atoms with van der Waals surface area (Å²) in [5.74, 6) is -0.0306. The van der Waals surface area contributed by atoms with Crippen LogP contribution in [0, 0.1) is 11.8 Å². The summed E-state index contributed by atoms with van der Waals surface area (Å²) in [6.45, 7) is 9.91. The number of carbonyl (C=O) groups is 3. The largest absolute Gasteiger partial charge is 0.353 e. The average molecular weight is 325 g/mol. The fourth-order valence-corrected chi connectivity index (χ4v) is 2.65. The molecule has 0 aromatic carbocycles. The normalized spacial score (nSPS) is 27.8. The van der Waals surface area contributed by atoms with E-state index in [1.807, 2.05) is 34.6 Å². The number of carbonyl (C=O) groups excluding carboxylic acids is 3. The van der Waals surface area contributed by atoms with Gasteiger partial charge in [-0.2, -0.15) is 0 Å². The first-order valence-corrected chi connectivity index (χ1v) is 8.61. The highest BCUT2D eigenvalue weighted by molar-refractivity contribution is 5.83. The lowest BCUT2D eigenvalue weighted by Gasteiger charge is -2.28. The van der Waals surface area contributed by atoms with Gasteiger partial charge in [0.1, 0.15) is 0 Å². The van der Waals surface area contributed by atoms with E-state index in [1.54, 1.807) is 0 Å². The molecular weight excluding hydrogens is 294 g/mol. The van der Waals surface area contributed by atoms with Crippen molar-refractivity contribution in [3.8, 4) is 0 Å². The molecular formula is C17H31N3O3. The summed E-state index contributed by atoms with van der Waals surface area (Å²) >= 11 is 0. The molecule has 0 radical (unpaired) electrons. The lowest BCUT2D eigenvalue weighted by atomic mass is 9.96. The molecule has 0 aliphatic carbocycles. The summed E-state index contributed by atoms with van der Waals surface area (Å²) in [4.78, 5) is 36.6. The van der Waals surface area contributed by atoms with E-state index in [1.165, 1.54) is 0 Å². The fourth-order valence-electron chi connectivity index (χ4n) is 2.65. The zero-order chi connectivity index (χ0) is 17.6. The van der Waals surface area contributed by atoms with E-state index < -0.39 is 0 Å². The smallest absolute Gasteiger partial charge is 0.222 e. The molecule has 1 saturated heterocycles. The highest BCUT2D eigenvalue weighted by atomic mass is 16.2. The minimum atomic E-state index is -0.192. The summed E-state index contributed by atoms with van der Waals surface area (Å²) in [5.41, 5.74) is 0. The number of amides is 3. The van der Waals surface area contributed by atoms with Crippen molar-refractivity contribution in [2.75, 3.05) is 0 Å². The van der Waals surface area contributed by atoms with Crippen LogP contribution in [0.3, 0.4) is 0 Å². The van der Waals surface area contributed by atoms with Gasteiger partial charge in [-0.3, -0.25) is 14.4 Å². The third-order valence-electron chi connectivity index (χ3n) is 4.40. The maximum absolute atomic E-state index is 12.3. The van der Waals surface area contributed by atoms with Crippen LogP contribution in [0.4, 0.5) is 0 Å². The lowest BCUT2D eigenvalue weighted by Crippen LogP contribution is -2.50. The van der Waals surface area contributed by atoms with E-state index in [-0.39, 0.29) is 66.9 Å². The molecule has 1 fully saturated rings. The maximum atomic E-state index is 12.3. The molecule has 6 heteroatoms. The molecule has 3 N–H and O–H groups in total. The van der Waals surface area contributed by atoms with Gasteiger partial charge in [-0.25, -0.2) is 0 Å². The molecule has 23 heavy (non-hydrogen) atoms. The van der Waals surface area contributed by atoms with Crippen molar-refractivity contribution in [2.24, 2.45) is 11.8 Å². The molecule has 132 valence electrons. The molecule has 1 aliphatic rings. The van der Waals surface area contributed by atoms with E-state index >= 15 is 0 Å². The minimum Gasteiger partial charge on any atom is -0.353 e. The van der Waals surface area contributed by atoms with Crippen LogP contribution in [0.15, 0.2) is 0 Å². The van der Waals surface area contributed by atoms with Crippen LogP contribution >= 0.6 is 0 Å². The summed E-state index contributed by atoms with van der Waals surface area (Å²) < 4.78 is 0. The van der Waals surface area contributed by atoms with Gasteiger partial charge in [0.2, 0.25) is 17.7 Å². The predicted octanol–water partition coefficient (Wildman–Crippen LogP) is 1.35. The van der Waals surface area contributed by atoms with Gasteiger partial charge in [-0.05, 0) is 18.3 Å². The maximum Gasteiger partial charge on any atom is 0.222 e. The standard InChI is InChI=1S/C17H31N3O3/c1-6-12-7-15(21)19-14(11(4)5)9-17(23)20-13(10(2)3)8-16(22)18-12/h10-14H,6-9H2,1-5H3,(H,18,22)(H,19,21)(H,20,23). The Hall–Kier alpha value is -1.59. The van der Waals surface area contributed by atoms with Crippen LogP contribution in [-0.2, 0) is 14.4 Å². The van der Waals surface area contributed by atoms with E-state index in [0.717, 1.165) is 0 Å². The summed E-state index contributed by atoms with van der Waals surface area (Å²) in [6, 6.07) is -0.552. The van der Waals surface area contributed by atoms with Gasteiger partial charge >= 0.3 is 0 Å². The van der Waals surface area contributed by atoms with Crippen LogP contribution in [0.5, 0.6) is 0 Å². The number of hydrogen-bond donors (Lipinski definition) is 3. The van der Waals surface area contributed by atoms with Gasteiger partial charge in [0.05, 0.1) is 0 Å². The van der Waals surface area contributed by atoms with Gasteiger partial charge < -0.3 is 16.0 Å². The molecule has 0 aromatic heterocycles. The molecule has 0 saturated carbocycles. The van der Waals surface area contributed by atoms with Gasteiger partial charge in [-0.15, -0.1) is 0 Å². The lowest BCUT2D eigenvalue weighted by molar-refractivity contribution is -0.127. The van der Waals surface area contributed by atoms with Crippen molar-refractivity contribution < 1.29 is 14.4 Å². The minimum absolute atomic E-state index is 0.121. The zero-order valence-corrected chi connectivity index (χ0v) is 14.9. The van der Waals surface area contributed by atoms with Crippen LogP contribution in [0.25, 0.3) is 0 Å². The van der Waals surface area contributed by atoms with Gasteiger partial charge in [0, 0.05) is 37.4 Å². The Balaban J connectivity index is 2.95. The zero-order valence-electron chi connectivity index (χ0n) is 14.9. The average Bonchev–Trinajstić information content (AvgIpc) is 2.43. The van der Waals surface area contributed by atoms with Crippen molar-refractivity contribution in [1.29, 1.82) is 0 Å². The third-order valence-corrected chi connectivity index (χ3v) is 4.40. The van der Waals surface area contributed by atoms with Crippen LogP contribution in [0.1, 0.15) is 60.3 Å². The van der Waals surface area contributed by atoms with Gasteiger partial charge in [0.25, 0.3) is 0 Å². The fraction of sp³-hybridized carbons (Fsp3) is 0.824. The molecule has 3 unspecified atom stereocenters. The van der Waals surface area contributed by atoms with Crippen molar-refractivity contribution in [2.45, 2.75) is 78.4 Å². The summed E-state index contributed by atoms with van der Waals surface area (Å²) in [5, 5.41) is 8.79. The van der Waals surface area contributed by atoms with Crippen LogP contribution < -0.4 is 16.0 Å². The molecule has 3 atom stereocenters. The topological polar surface area (TPSA) is 87.3 Å². The first-order chi connectivity index (χ1) is 10.7. The first-order valence-electron chi connectivity index (χ1n) is 8.61. The Morgan fingerprint density at radius 3 is 1.57 bits per heavy atom. The van der Waals surface area contributed by atoms with Crippen molar-refractivity contribution in [1.82, 2.24) is 16.0 Å². The molecule has 1 rings (SSSR count). The Kier molecular flexibility index (Phi) is 7.52. The second kappa shape index (κ2) is 8.89. The predicted molar refractivity (Wildman–Crippen MR) is 89.6 cm³/mol. The highest BCUT2D eigenvalue weighted by Crippen LogP contribution is 2.12. The monoisotopic (exact) mass is 325 g/mol. The summed E-state index contributed by atoms with van der Waals surface area (Å²) in [6.07, 6.45) is 1.43. The summed E-state index contributed by atoms with van der Waals surface area (Å²) in [7, 11) is 0. The van der Waals surface area contributed by atoms with Crippen LogP contribution in [0.2, 0.25) is 0 Å². The Bertz CT molecular complexity index is 399. The molecule has 0 spiro atoms. The highest BCUT2D eigenvalue weighted by Gasteiger charge is 2.27. The van der Waals surface area contributed by atoms with Crippen molar-refractivity contribution in [3.05, 3.63) is 0 Å². The molecule has 0 aromatic rings. The van der Waals surface area contributed by atoms with Crippen molar-refractivity contribution in [3.63, 3.8) is 0 Å². The van der Waals surface area contributed by atoms with E-state index in [9.17, 15) is 14.4 Å². The van der Waals surface area contributed by atoms with E-state index in [2.05, 4.69) is 16.0 Å². The molecule has 1 heterocycles. The number of hydrogen-bond acceptors (Lipinski definition) is 3.